The molecule has 0 saturated carbocycles. The van der Waals surface area contributed by atoms with E-state index in [1.165, 1.54) is 6.07 Å². The SMILES string of the molecule is Cc1c(F)cccc1[C@@H](c1ccco1)N1CCNCC1. The highest BCUT2D eigenvalue weighted by Crippen LogP contribution is 2.32. The van der Waals surface area contributed by atoms with Crippen LogP contribution in [-0.2, 0) is 0 Å². The van der Waals surface area contributed by atoms with Gasteiger partial charge in [0, 0.05) is 26.2 Å². The Labute approximate surface area is 118 Å². The number of hydrogen-bond acceptors (Lipinski definition) is 3. The molecule has 1 N–H and O–H groups in total. The summed E-state index contributed by atoms with van der Waals surface area (Å²) in [5.41, 5.74) is 1.69. The molecule has 3 nitrogen and oxygen atoms in total. The van der Waals surface area contributed by atoms with Crippen molar-refractivity contribution in [2.24, 2.45) is 0 Å². The van der Waals surface area contributed by atoms with E-state index in [9.17, 15) is 4.39 Å². The predicted molar refractivity (Wildman–Crippen MR) is 76.1 cm³/mol. The van der Waals surface area contributed by atoms with E-state index in [4.69, 9.17) is 4.42 Å². The number of hydrogen-bond donors (Lipinski definition) is 1. The normalized spacial score (nSPS) is 18.1. The van der Waals surface area contributed by atoms with Crippen molar-refractivity contribution in [3.63, 3.8) is 0 Å². The molecule has 1 aliphatic rings. The molecule has 0 amide bonds. The molecule has 1 atom stereocenters. The number of furan rings is 1. The van der Waals surface area contributed by atoms with Crippen LogP contribution in [0, 0.1) is 12.7 Å². The average molecular weight is 274 g/mol. The molecule has 0 aliphatic carbocycles. The second kappa shape index (κ2) is 5.77. The minimum atomic E-state index is -0.158. The first-order valence-corrected chi connectivity index (χ1v) is 7.00. The van der Waals surface area contributed by atoms with Crippen molar-refractivity contribution in [2.45, 2.75) is 13.0 Å². The zero-order valence-corrected chi connectivity index (χ0v) is 11.6. The average Bonchev–Trinajstić information content (AvgIpc) is 2.99. The van der Waals surface area contributed by atoms with Gasteiger partial charge in [-0.3, -0.25) is 4.90 Å². The fourth-order valence-electron chi connectivity index (χ4n) is 2.84. The van der Waals surface area contributed by atoms with E-state index in [1.54, 1.807) is 12.3 Å². The summed E-state index contributed by atoms with van der Waals surface area (Å²) in [5, 5.41) is 3.35. The highest BCUT2D eigenvalue weighted by atomic mass is 19.1. The van der Waals surface area contributed by atoms with E-state index in [1.807, 2.05) is 25.1 Å². The van der Waals surface area contributed by atoms with Crippen molar-refractivity contribution in [2.75, 3.05) is 26.2 Å². The monoisotopic (exact) mass is 274 g/mol. The molecule has 1 aromatic carbocycles. The predicted octanol–water partition coefficient (Wildman–Crippen LogP) is 2.72. The first kappa shape index (κ1) is 13.3. The Morgan fingerprint density at radius 1 is 1.20 bits per heavy atom. The van der Waals surface area contributed by atoms with Gasteiger partial charge in [-0.1, -0.05) is 12.1 Å². The van der Waals surface area contributed by atoms with Gasteiger partial charge in [-0.25, -0.2) is 4.39 Å². The molecule has 4 heteroatoms. The molecule has 0 bridgehead atoms. The second-order valence-electron chi connectivity index (χ2n) is 5.16. The topological polar surface area (TPSA) is 28.4 Å². The lowest BCUT2D eigenvalue weighted by Gasteiger charge is -2.34. The van der Waals surface area contributed by atoms with Gasteiger partial charge in [-0.2, -0.15) is 0 Å². The van der Waals surface area contributed by atoms with Crippen LogP contribution < -0.4 is 5.32 Å². The third-order valence-corrected chi connectivity index (χ3v) is 3.93. The van der Waals surface area contributed by atoms with Crippen LogP contribution in [0.1, 0.15) is 22.9 Å². The number of benzene rings is 1. The van der Waals surface area contributed by atoms with Crippen LogP contribution in [-0.4, -0.2) is 31.1 Å². The van der Waals surface area contributed by atoms with Crippen LogP contribution in [0.2, 0.25) is 0 Å². The van der Waals surface area contributed by atoms with E-state index >= 15 is 0 Å². The molecule has 2 aromatic rings. The maximum absolute atomic E-state index is 13.9. The van der Waals surface area contributed by atoms with Crippen LogP contribution in [0.25, 0.3) is 0 Å². The molecule has 1 aliphatic heterocycles. The van der Waals surface area contributed by atoms with Gasteiger partial charge in [0.1, 0.15) is 11.6 Å². The number of halogens is 1. The standard InChI is InChI=1S/C16H19FN2O/c1-12-13(4-2-5-14(12)17)16(15-6-3-11-20-15)19-9-7-18-8-10-19/h2-6,11,16,18H,7-10H2,1H3/t16-/m0/s1. The molecule has 1 saturated heterocycles. The Bertz CT molecular complexity index is 562. The molecule has 3 rings (SSSR count). The lowest BCUT2D eigenvalue weighted by Crippen LogP contribution is -2.45. The number of nitrogens with zero attached hydrogens (tertiary/aromatic N) is 1. The van der Waals surface area contributed by atoms with E-state index in [2.05, 4.69) is 10.2 Å². The summed E-state index contributed by atoms with van der Waals surface area (Å²) in [7, 11) is 0. The smallest absolute Gasteiger partial charge is 0.126 e. The van der Waals surface area contributed by atoms with Crippen LogP contribution >= 0.6 is 0 Å². The van der Waals surface area contributed by atoms with Crippen LogP contribution in [0.15, 0.2) is 41.0 Å². The van der Waals surface area contributed by atoms with Crippen molar-refractivity contribution in [1.82, 2.24) is 10.2 Å². The third kappa shape index (κ3) is 2.49. The summed E-state index contributed by atoms with van der Waals surface area (Å²) in [6, 6.07) is 9.12. The molecule has 1 aromatic heterocycles. The summed E-state index contributed by atoms with van der Waals surface area (Å²) in [5.74, 6) is 0.717. The van der Waals surface area contributed by atoms with Crippen LogP contribution in [0.4, 0.5) is 4.39 Å². The highest BCUT2D eigenvalue weighted by Gasteiger charge is 2.27. The molecule has 1 fully saturated rings. The molecular formula is C16H19FN2O. The van der Waals surface area contributed by atoms with Crippen molar-refractivity contribution >= 4 is 0 Å². The Balaban J connectivity index is 2.03. The van der Waals surface area contributed by atoms with Gasteiger partial charge in [0.25, 0.3) is 0 Å². The van der Waals surface area contributed by atoms with Gasteiger partial charge in [-0.15, -0.1) is 0 Å². The van der Waals surface area contributed by atoms with E-state index in [-0.39, 0.29) is 11.9 Å². The van der Waals surface area contributed by atoms with Gasteiger partial charge in [0.05, 0.1) is 12.3 Å². The summed E-state index contributed by atoms with van der Waals surface area (Å²) in [6.45, 7) is 5.60. The van der Waals surface area contributed by atoms with Gasteiger partial charge >= 0.3 is 0 Å². The van der Waals surface area contributed by atoms with Gasteiger partial charge < -0.3 is 9.73 Å². The zero-order chi connectivity index (χ0) is 13.9. The summed E-state index contributed by atoms with van der Waals surface area (Å²) in [6.07, 6.45) is 1.68. The van der Waals surface area contributed by atoms with Crippen molar-refractivity contribution < 1.29 is 8.81 Å². The number of nitrogens with one attached hydrogen (secondary N) is 1. The van der Waals surface area contributed by atoms with E-state index in [0.29, 0.717) is 5.56 Å². The fraction of sp³-hybridized carbons (Fsp3) is 0.375. The molecule has 20 heavy (non-hydrogen) atoms. The summed E-state index contributed by atoms with van der Waals surface area (Å²) in [4.78, 5) is 2.34. The molecule has 106 valence electrons. The van der Waals surface area contributed by atoms with E-state index < -0.39 is 0 Å². The van der Waals surface area contributed by atoms with Crippen LogP contribution in [0.3, 0.4) is 0 Å². The first-order chi connectivity index (χ1) is 9.77. The molecule has 0 radical (unpaired) electrons. The highest BCUT2D eigenvalue weighted by molar-refractivity contribution is 5.34. The van der Waals surface area contributed by atoms with Crippen molar-refractivity contribution in [3.8, 4) is 0 Å². The minimum absolute atomic E-state index is 0.0113. The zero-order valence-electron chi connectivity index (χ0n) is 11.6. The molecule has 2 heterocycles. The Morgan fingerprint density at radius 3 is 2.70 bits per heavy atom. The molecular weight excluding hydrogens is 255 g/mol. The summed E-state index contributed by atoms with van der Waals surface area (Å²) < 4.78 is 19.5. The Hall–Kier alpha value is -1.65. The number of piperazine rings is 1. The van der Waals surface area contributed by atoms with Gasteiger partial charge in [-0.05, 0) is 36.2 Å². The maximum atomic E-state index is 13.9. The molecule has 0 unspecified atom stereocenters. The second-order valence-corrected chi connectivity index (χ2v) is 5.16. The maximum Gasteiger partial charge on any atom is 0.126 e. The largest absolute Gasteiger partial charge is 0.467 e. The van der Waals surface area contributed by atoms with E-state index in [0.717, 1.165) is 37.5 Å². The minimum Gasteiger partial charge on any atom is -0.467 e. The molecule has 0 spiro atoms. The lowest BCUT2D eigenvalue weighted by molar-refractivity contribution is 0.179. The van der Waals surface area contributed by atoms with Crippen molar-refractivity contribution in [1.29, 1.82) is 0 Å². The van der Waals surface area contributed by atoms with Gasteiger partial charge in [0.15, 0.2) is 0 Å². The van der Waals surface area contributed by atoms with Gasteiger partial charge in [0.2, 0.25) is 0 Å². The summed E-state index contributed by atoms with van der Waals surface area (Å²) >= 11 is 0. The Morgan fingerprint density at radius 2 is 2.00 bits per heavy atom. The van der Waals surface area contributed by atoms with Crippen LogP contribution in [0.5, 0.6) is 0 Å². The first-order valence-electron chi connectivity index (χ1n) is 7.00. The number of rotatable bonds is 3. The lowest BCUT2D eigenvalue weighted by atomic mass is 9.97. The van der Waals surface area contributed by atoms with Crippen molar-refractivity contribution in [3.05, 3.63) is 59.3 Å². The Kier molecular flexibility index (Phi) is 3.85. The fourth-order valence-corrected chi connectivity index (χ4v) is 2.84. The third-order valence-electron chi connectivity index (χ3n) is 3.93. The quantitative estimate of drug-likeness (QED) is 0.933.